The quantitative estimate of drug-likeness (QED) is 0.146. The van der Waals surface area contributed by atoms with Crippen molar-refractivity contribution in [1.29, 1.82) is 0 Å². The van der Waals surface area contributed by atoms with Crippen LogP contribution in [0.5, 0.6) is 0 Å². The van der Waals surface area contributed by atoms with Gasteiger partial charge in [-0.25, -0.2) is 0 Å². The van der Waals surface area contributed by atoms with Crippen molar-refractivity contribution in [1.82, 2.24) is 0 Å². The second kappa shape index (κ2) is 13.7. The van der Waals surface area contributed by atoms with Gasteiger partial charge in [-0.1, -0.05) is 0 Å². The van der Waals surface area contributed by atoms with E-state index >= 15 is 0 Å². The summed E-state index contributed by atoms with van der Waals surface area (Å²) < 4.78 is 6.52. The molecule has 0 heterocycles. The van der Waals surface area contributed by atoms with E-state index in [0.717, 1.165) is 5.33 Å². The Labute approximate surface area is 141 Å². The van der Waals surface area contributed by atoms with Crippen molar-refractivity contribution in [2.75, 3.05) is 5.33 Å². The third-order valence-corrected chi connectivity index (χ3v) is 21.4. The number of unbranched alkanes of at least 4 members (excludes halogenated alkanes) is 4. The van der Waals surface area contributed by atoms with E-state index in [4.69, 9.17) is 0 Å². The van der Waals surface area contributed by atoms with Crippen molar-refractivity contribution >= 4 is 34.3 Å². The van der Waals surface area contributed by atoms with Crippen molar-refractivity contribution in [2.24, 2.45) is 0 Å². The van der Waals surface area contributed by atoms with E-state index in [0.29, 0.717) is 0 Å². The van der Waals surface area contributed by atoms with Gasteiger partial charge in [0.2, 0.25) is 0 Å². The van der Waals surface area contributed by atoms with Crippen LogP contribution in [0.15, 0.2) is 10.2 Å². The van der Waals surface area contributed by atoms with Crippen LogP contribution in [0, 0.1) is 0 Å². The fraction of sp³-hybridized carbons (Fsp3) is 0.889. The van der Waals surface area contributed by atoms with Gasteiger partial charge < -0.3 is 0 Å². The van der Waals surface area contributed by atoms with Crippen LogP contribution in [0.4, 0.5) is 0 Å². The Morgan fingerprint density at radius 1 is 0.800 bits per heavy atom. The van der Waals surface area contributed by atoms with Gasteiger partial charge in [0, 0.05) is 0 Å². The zero-order valence-corrected chi connectivity index (χ0v) is 18.7. The molecule has 20 heavy (non-hydrogen) atoms. The molecule has 0 rings (SSSR count). The van der Waals surface area contributed by atoms with E-state index in [1.807, 2.05) is 0 Å². The van der Waals surface area contributed by atoms with Crippen LogP contribution in [0.3, 0.4) is 0 Å². The molecule has 0 aromatic heterocycles. The molecule has 0 saturated heterocycles. The maximum atomic E-state index is 4.64. The van der Waals surface area contributed by atoms with Crippen molar-refractivity contribution < 1.29 is 0 Å². The number of halogens is 1. The van der Waals surface area contributed by atoms with Crippen molar-refractivity contribution in [2.45, 2.75) is 91.9 Å². The molecule has 0 fully saturated rings. The SMILES string of the molecule is C=[C](CCCCBr)[Sn]([CH2]CCC)([CH2]CCC)[CH2]CCC. The minimum atomic E-state index is -2.08. The molecular weight excluding hydrogens is 415 g/mol. The molecule has 0 saturated carbocycles. The Hall–Kier alpha value is 1.02. The summed E-state index contributed by atoms with van der Waals surface area (Å²) in [4.78, 5) is 0. The molecule has 0 aliphatic heterocycles. The van der Waals surface area contributed by atoms with E-state index < -0.39 is 18.4 Å². The van der Waals surface area contributed by atoms with Crippen LogP contribution in [0.2, 0.25) is 13.3 Å². The van der Waals surface area contributed by atoms with Crippen molar-refractivity contribution in [3.05, 3.63) is 10.2 Å². The molecule has 0 aromatic carbocycles. The number of hydrogen-bond donors (Lipinski definition) is 0. The number of allylic oxidation sites excluding steroid dienone is 1. The van der Waals surface area contributed by atoms with E-state index in [1.165, 1.54) is 57.8 Å². The Balaban J connectivity index is 4.76. The monoisotopic (exact) mass is 452 g/mol. The topological polar surface area (TPSA) is 0 Å². The molecule has 0 nitrogen and oxygen atoms in total. The molecule has 0 N–H and O–H groups in total. The first-order valence-corrected chi connectivity index (χ1v) is 17.5. The number of hydrogen-bond acceptors (Lipinski definition) is 0. The maximum absolute atomic E-state index is 4.64. The van der Waals surface area contributed by atoms with Crippen molar-refractivity contribution in [3.63, 3.8) is 0 Å². The molecule has 0 bridgehead atoms. The molecule has 0 aliphatic carbocycles. The summed E-state index contributed by atoms with van der Waals surface area (Å²) in [5.74, 6) is 0. The summed E-state index contributed by atoms with van der Waals surface area (Å²) in [6.07, 6.45) is 12.5. The molecule has 0 aliphatic rings. The fourth-order valence-corrected chi connectivity index (χ4v) is 19.6. The van der Waals surface area contributed by atoms with Gasteiger partial charge in [-0.3, -0.25) is 0 Å². The zero-order chi connectivity index (χ0) is 15.3. The summed E-state index contributed by atoms with van der Waals surface area (Å²) in [5.41, 5.74) is 0. The van der Waals surface area contributed by atoms with Crippen LogP contribution in [0.1, 0.15) is 78.6 Å². The van der Waals surface area contributed by atoms with E-state index in [-0.39, 0.29) is 0 Å². The Kier molecular flexibility index (Phi) is 14.4. The Morgan fingerprint density at radius 3 is 1.60 bits per heavy atom. The predicted octanol–water partition coefficient (Wildman–Crippen LogP) is 7.50. The third-order valence-electron chi connectivity index (χ3n) is 4.64. The first-order valence-electron chi connectivity index (χ1n) is 8.91. The van der Waals surface area contributed by atoms with Crippen molar-refractivity contribution in [3.8, 4) is 0 Å². The van der Waals surface area contributed by atoms with Crippen LogP contribution in [0.25, 0.3) is 0 Å². The van der Waals surface area contributed by atoms with Crippen LogP contribution in [-0.4, -0.2) is 23.7 Å². The summed E-state index contributed by atoms with van der Waals surface area (Å²) in [5, 5.41) is 1.15. The molecule has 0 aromatic rings. The molecular formula is C18H37BrSn. The minimum absolute atomic E-state index is 1.15. The van der Waals surface area contributed by atoms with E-state index in [1.54, 1.807) is 16.9 Å². The van der Waals surface area contributed by atoms with Gasteiger partial charge in [-0.05, 0) is 0 Å². The Morgan fingerprint density at radius 2 is 1.25 bits per heavy atom. The predicted molar refractivity (Wildman–Crippen MR) is 102 cm³/mol. The van der Waals surface area contributed by atoms with Gasteiger partial charge in [0.25, 0.3) is 0 Å². The second-order valence-corrected chi connectivity index (χ2v) is 20.7. The number of alkyl halides is 1. The van der Waals surface area contributed by atoms with E-state index in [9.17, 15) is 0 Å². The average molecular weight is 452 g/mol. The summed E-state index contributed by atoms with van der Waals surface area (Å²) in [7, 11) is 0. The molecule has 120 valence electrons. The molecule has 2 heteroatoms. The summed E-state index contributed by atoms with van der Waals surface area (Å²) in [6, 6.07) is 0. The van der Waals surface area contributed by atoms with E-state index in [2.05, 4.69) is 43.3 Å². The third kappa shape index (κ3) is 8.46. The van der Waals surface area contributed by atoms with Gasteiger partial charge in [0.05, 0.1) is 0 Å². The molecule has 0 unspecified atom stereocenters. The average Bonchev–Trinajstić information content (AvgIpc) is 2.47. The standard InChI is InChI=1S/C6H10Br.3C4H9.Sn/c1-2-3-4-5-6-7;3*1-3-4-2;/h1,3-6H2;3*1,3-4H2,2H3;. The summed E-state index contributed by atoms with van der Waals surface area (Å²) in [6.45, 7) is 11.7. The van der Waals surface area contributed by atoms with Gasteiger partial charge in [0.1, 0.15) is 0 Å². The summed E-state index contributed by atoms with van der Waals surface area (Å²) >= 11 is 1.48. The van der Waals surface area contributed by atoms with Crippen LogP contribution in [-0.2, 0) is 0 Å². The first-order chi connectivity index (χ1) is 9.66. The van der Waals surface area contributed by atoms with Crippen LogP contribution >= 0.6 is 15.9 Å². The number of rotatable bonds is 14. The second-order valence-electron chi connectivity index (χ2n) is 6.34. The van der Waals surface area contributed by atoms with Gasteiger partial charge in [0.15, 0.2) is 0 Å². The fourth-order valence-electron chi connectivity index (χ4n) is 3.15. The molecule has 0 amide bonds. The Bertz CT molecular complexity index is 216. The van der Waals surface area contributed by atoms with Crippen LogP contribution < -0.4 is 0 Å². The normalized spacial score (nSPS) is 11.8. The molecule has 0 atom stereocenters. The van der Waals surface area contributed by atoms with Gasteiger partial charge in [-0.2, -0.15) is 0 Å². The zero-order valence-electron chi connectivity index (χ0n) is 14.3. The molecule has 0 spiro atoms. The molecule has 0 radical (unpaired) electrons. The first kappa shape index (κ1) is 21.0. The van der Waals surface area contributed by atoms with Gasteiger partial charge >= 0.3 is 142 Å². The van der Waals surface area contributed by atoms with Gasteiger partial charge in [-0.15, -0.1) is 0 Å².